The van der Waals surface area contributed by atoms with E-state index in [1.807, 2.05) is 18.2 Å². The summed E-state index contributed by atoms with van der Waals surface area (Å²) in [5.74, 6) is 1.76. The Hall–Kier alpha value is -9.45. The molecule has 1 aliphatic rings. The summed E-state index contributed by atoms with van der Waals surface area (Å²) in [5, 5.41) is 11.8. The van der Waals surface area contributed by atoms with Gasteiger partial charge in [-0.2, -0.15) is 0 Å². The first-order chi connectivity index (χ1) is 35.1. The van der Waals surface area contributed by atoms with Crippen LogP contribution in [0.4, 0.5) is 0 Å². The van der Waals surface area contributed by atoms with Crippen molar-refractivity contribution in [3.63, 3.8) is 0 Å². The number of hydrogen-bond acceptors (Lipinski definition) is 4. The van der Waals surface area contributed by atoms with Gasteiger partial charge in [-0.25, -0.2) is 15.0 Å². The van der Waals surface area contributed by atoms with Gasteiger partial charge in [-0.05, 0) is 133 Å². The predicted molar refractivity (Wildman–Crippen MR) is 294 cm³/mol. The molecule has 3 heterocycles. The van der Waals surface area contributed by atoms with Crippen LogP contribution in [0.5, 0.6) is 0 Å². The lowest BCUT2D eigenvalue weighted by molar-refractivity contribution is 0.669. The van der Waals surface area contributed by atoms with E-state index in [4.69, 9.17) is 19.4 Å². The van der Waals surface area contributed by atoms with Crippen molar-refractivity contribution in [3.8, 4) is 51.0 Å². The Morgan fingerprint density at radius 3 is 1.77 bits per heavy atom. The van der Waals surface area contributed by atoms with E-state index in [2.05, 4.69) is 217 Å². The molecular weight excluding hydrogens is 865 g/mol. The quantitative estimate of drug-likeness (QED) is 0.173. The fourth-order valence-electron chi connectivity index (χ4n) is 11.3. The van der Waals surface area contributed by atoms with Gasteiger partial charge in [0, 0.05) is 43.9 Å². The average Bonchev–Trinajstić information content (AvgIpc) is 3.97. The molecule has 5 heteroatoms. The Balaban J connectivity index is 0.981. The van der Waals surface area contributed by atoms with Crippen LogP contribution in [0.3, 0.4) is 0 Å². The lowest BCUT2D eigenvalue weighted by atomic mass is 9.78. The van der Waals surface area contributed by atoms with Gasteiger partial charge >= 0.3 is 0 Å². The van der Waals surface area contributed by atoms with Crippen molar-refractivity contribution in [2.75, 3.05) is 0 Å². The number of allylic oxidation sites excluding steroid dienone is 1. The van der Waals surface area contributed by atoms with Crippen LogP contribution in [0.1, 0.15) is 16.7 Å². The zero-order valence-corrected chi connectivity index (χ0v) is 38.3. The maximum Gasteiger partial charge on any atom is 0.164 e. The molecule has 0 radical (unpaired) electrons. The van der Waals surface area contributed by atoms with E-state index >= 15 is 0 Å². The molecule has 11 aromatic carbocycles. The first-order valence-corrected chi connectivity index (χ1v) is 24.2. The number of hydrogen-bond donors (Lipinski definition) is 0. The summed E-state index contributed by atoms with van der Waals surface area (Å²) in [7, 11) is 0. The van der Waals surface area contributed by atoms with E-state index in [9.17, 15) is 0 Å². The van der Waals surface area contributed by atoms with Crippen molar-refractivity contribution in [2.45, 2.75) is 6.42 Å². The highest BCUT2D eigenvalue weighted by Crippen LogP contribution is 2.47. The van der Waals surface area contributed by atoms with Crippen LogP contribution >= 0.6 is 0 Å². The largest absolute Gasteiger partial charge is 0.456 e. The van der Waals surface area contributed by atoms with Crippen molar-refractivity contribution in [1.82, 2.24) is 19.5 Å². The number of rotatable bonds is 5. The van der Waals surface area contributed by atoms with Crippen LogP contribution in [0, 0.1) is 0 Å². The lowest BCUT2D eigenvalue weighted by Gasteiger charge is -2.25. The number of benzene rings is 11. The zero-order chi connectivity index (χ0) is 46.6. The Bertz CT molecular complexity index is 4540. The second kappa shape index (κ2) is 15.5. The van der Waals surface area contributed by atoms with Gasteiger partial charge in [-0.3, -0.25) is 0 Å². The minimum atomic E-state index is 0.566. The molecule has 1 aliphatic carbocycles. The molecule has 71 heavy (non-hydrogen) atoms. The second-order valence-electron chi connectivity index (χ2n) is 18.7. The normalized spacial score (nSPS) is 13.0. The molecule has 0 fully saturated rings. The van der Waals surface area contributed by atoms with Crippen LogP contribution in [-0.2, 0) is 6.42 Å². The molecule has 0 saturated heterocycles. The van der Waals surface area contributed by atoms with Gasteiger partial charge in [-0.1, -0.05) is 170 Å². The van der Waals surface area contributed by atoms with E-state index < -0.39 is 0 Å². The van der Waals surface area contributed by atoms with Gasteiger partial charge in [0.1, 0.15) is 11.2 Å². The maximum atomic E-state index is 6.94. The lowest BCUT2D eigenvalue weighted by Crippen LogP contribution is -2.04. The third kappa shape index (κ3) is 6.37. The molecule has 0 bridgehead atoms. The molecule has 0 amide bonds. The van der Waals surface area contributed by atoms with Gasteiger partial charge in [-0.15, -0.1) is 0 Å². The predicted octanol–water partition coefficient (Wildman–Crippen LogP) is 17.1. The van der Waals surface area contributed by atoms with Crippen molar-refractivity contribution in [1.29, 1.82) is 0 Å². The Labute approximate surface area is 408 Å². The van der Waals surface area contributed by atoms with Crippen molar-refractivity contribution in [2.24, 2.45) is 0 Å². The topological polar surface area (TPSA) is 56.7 Å². The Morgan fingerprint density at radius 1 is 0.394 bits per heavy atom. The number of fused-ring (bicyclic) bond motifs is 13. The monoisotopic (exact) mass is 904 g/mol. The second-order valence-corrected chi connectivity index (χ2v) is 18.7. The average molecular weight is 905 g/mol. The van der Waals surface area contributed by atoms with E-state index in [1.165, 1.54) is 65.5 Å². The number of aromatic nitrogens is 4. The standard InChI is InChI=1S/C66H40N4O/c1-3-16-41(17-4-1)64-67-65(47-29-30-54-53-25-13-14-26-58(53)70(59(54)37-47)51-22-5-2-6-23-51)69-66(68-64)50-33-49(63-57-36-44-20-9-10-21-45(44)38-60(57)71-61(63)39-50)32-48-31-46-28-27-40-15-11-12-24-52(40)62(46)56-35-43-19-8-7-18-42(43)34-55(48)56/h1-30,32-39H,31H2/b48-32-. The molecule has 5 nitrogen and oxygen atoms in total. The van der Waals surface area contributed by atoms with Crippen LogP contribution in [0.2, 0.25) is 0 Å². The number of para-hydroxylation sites is 2. The maximum absolute atomic E-state index is 6.94. The van der Waals surface area contributed by atoms with Crippen molar-refractivity contribution in [3.05, 3.63) is 241 Å². The molecule has 3 aromatic heterocycles. The zero-order valence-electron chi connectivity index (χ0n) is 38.3. The fraction of sp³-hybridized carbons (Fsp3) is 0.0152. The van der Waals surface area contributed by atoms with E-state index in [1.54, 1.807) is 0 Å². The molecule has 0 unspecified atom stereocenters. The molecule has 0 saturated carbocycles. The third-order valence-electron chi connectivity index (χ3n) is 14.6. The number of furan rings is 1. The molecule has 14 aromatic rings. The summed E-state index contributed by atoms with van der Waals surface area (Å²) < 4.78 is 9.28. The van der Waals surface area contributed by atoms with Crippen molar-refractivity contribution >= 4 is 87.7 Å². The molecular formula is C66H40N4O. The van der Waals surface area contributed by atoms with Gasteiger partial charge in [0.2, 0.25) is 0 Å². The molecule has 0 aliphatic heterocycles. The molecule has 330 valence electrons. The van der Waals surface area contributed by atoms with Crippen LogP contribution in [0.25, 0.3) is 139 Å². The van der Waals surface area contributed by atoms with Gasteiger partial charge in [0.15, 0.2) is 17.5 Å². The highest BCUT2D eigenvalue weighted by molar-refractivity contribution is 6.16. The summed E-state index contributed by atoms with van der Waals surface area (Å²) in [5.41, 5.74) is 15.0. The van der Waals surface area contributed by atoms with Gasteiger partial charge in [0.25, 0.3) is 0 Å². The third-order valence-corrected chi connectivity index (χ3v) is 14.6. The Morgan fingerprint density at radius 2 is 1.00 bits per heavy atom. The van der Waals surface area contributed by atoms with Crippen LogP contribution in [0.15, 0.2) is 229 Å². The van der Waals surface area contributed by atoms with Crippen LogP contribution in [-0.4, -0.2) is 19.5 Å². The summed E-state index contributed by atoms with van der Waals surface area (Å²) in [6.45, 7) is 0. The van der Waals surface area contributed by atoms with E-state index in [0.717, 1.165) is 72.7 Å². The van der Waals surface area contributed by atoms with E-state index in [-0.39, 0.29) is 0 Å². The Kier molecular flexibility index (Phi) is 8.65. The minimum absolute atomic E-state index is 0.566. The fourth-order valence-corrected chi connectivity index (χ4v) is 11.3. The number of nitrogens with zero attached hydrogens (tertiary/aromatic N) is 4. The SMILES string of the molecule is C(=C1\Cc2ccc3ccccc3c2-c2cc3ccccc3cc21)/c1cc(-c2nc(-c3ccccc3)nc(-c3ccc4c5ccccc5n(-c5ccccc5)c4c3)n2)cc2oc3cc4ccccc4cc3c12. The highest BCUT2D eigenvalue weighted by Gasteiger charge is 2.25. The summed E-state index contributed by atoms with van der Waals surface area (Å²) in [4.78, 5) is 15.9. The summed E-state index contributed by atoms with van der Waals surface area (Å²) in [6.07, 6.45) is 3.17. The molecule has 0 spiro atoms. The van der Waals surface area contributed by atoms with Gasteiger partial charge in [0.05, 0.1) is 11.0 Å². The van der Waals surface area contributed by atoms with Crippen LogP contribution < -0.4 is 0 Å². The summed E-state index contributed by atoms with van der Waals surface area (Å²) >= 11 is 0. The molecule has 15 rings (SSSR count). The summed E-state index contributed by atoms with van der Waals surface area (Å²) in [6, 6.07) is 80.1. The molecule has 0 atom stereocenters. The first-order valence-electron chi connectivity index (χ1n) is 24.2. The van der Waals surface area contributed by atoms with Gasteiger partial charge < -0.3 is 8.98 Å². The first kappa shape index (κ1) is 39.5. The molecule has 0 N–H and O–H groups in total. The smallest absolute Gasteiger partial charge is 0.164 e. The van der Waals surface area contributed by atoms with E-state index in [0.29, 0.717) is 17.5 Å². The van der Waals surface area contributed by atoms with Crippen molar-refractivity contribution < 1.29 is 4.42 Å². The highest BCUT2D eigenvalue weighted by atomic mass is 16.3. The minimum Gasteiger partial charge on any atom is -0.456 e.